The summed E-state index contributed by atoms with van der Waals surface area (Å²) in [6, 6.07) is 19.6. The van der Waals surface area contributed by atoms with Crippen LogP contribution in [0, 0.1) is 5.82 Å². The maximum Gasteiger partial charge on any atom is 0.317 e. The summed E-state index contributed by atoms with van der Waals surface area (Å²) in [5.41, 5.74) is 0.889. The van der Waals surface area contributed by atoms with Crippen LogP contribution >= 0.6 is 34.0 Å². The maximum atomic E-state index is 15.0. The van der Waals surface area contributed by atoms with Crippen molar-refractivity contribution in [2.75, 3.05) is 0 Å². The van der Waals surface area contributed by atoms with Crippen LogP contribution in [0.4, 0.5) is 4.39 Å². The molecule has 1 aliphatic rings. The van der Waals surface area contributed by atoms with Crippen molar-refractivity contribution in [3.8, 4) is 35.7 Å². The van der Waals surface area contributed by atoms with E-state index in [4.69, 9.17) is 21.2 Å². The number of unbranched alkanes of at least 4 members (excludes halogenated alkanes) is 6. The summed E-state index contributed by atoms with van der Waals surface area (Å²) < 4.78 is 47.5. The molecule has 0 spiro atoms. The van der Waals surface area contributed by atoms with Crippen molar-refractivity contribution in [3.05, 3.63) is 65.3 Å². The van der Waals surface area contributed by atoms with Crippen LogP contribution in [0.15, 0.2) is 54.6 Å². The van der Waals surface area contributed by atoms with E-state index in [1.807, 2.05) is 35.7 Å². The molecule has 5 rings (SSSR count). The number of rotatable bonds is 17. The van der Waals surface area contributed by atoms with Gasteiger partial charge in [-0.2, -0.15) is 0 Å². The Hall–Kier alpha value is -1.24. The van der Waals surface area contributed by atoms with Gasteiger partial charge in [0.2, 0.25) is 0 Å². The first-order chi connectivity index (χ1) is 24.5. The van der Waals surface area contributed by atoms with Gasteiger partial charge in [0.1, 0.15) is 0 Å². The van der Waals surface area contributed by atoms with Gasteiger partial charge in [0.05, 0.1) is 6.10 Å². The molecule has 286 valence electrons. The molecule has 0 radical (unpaired) electrons. The first-order valence-electron chi connectivity index (χ1n) is 19.1. The molecule has 0 N–H and O–H groups in total. The zero-order valence-corrected chi connectivity index (χ0v) is 39.1. The lowest BCUT2D eigenvalue weighted by Gasteiger charge is -2.47. The monoisotopic (exact) mass is 834 g/mol. The average Bonchev–Trinajstić information content (AvgIpc) is 3.81. The van der Waals surface area contributed by atoms with Crippen LogP contribution in [0.5, 0.6) is 5.75 Å². The lowest BCUT2D eigenvalue weighted by atomic mass is 10.1. The van der Waals surface area contributed by atoms with E-state index in [1.165, 1.54) is 62.9 Å². The molecule has 52 heavy (non-hydrogen) atoms. The Morgan fingerprint density at radius 3 is 1.79 bits per heavy atom. The Bertz CT molecular complexity index is 1710. The second-order valence-electron chi connectivity index (χ2n) is 15.7. The van der Waals surface area contributed by atoms with Gasteiger partial charge in [0, 0.05) is 29.3 Å². The van der Waals surface area contributed by atoms with E-state index < -0.39 is 34.2 Å². The van der Waals surface area contributed by atoms with Gasteiger partial charge < -0.3 is 21.2 Å². The minimum Gasteiger partial charge on any atom is -0.488 e. The molecule has 1 fully saturated rings. The van der Waals surface area contributed by atoms with Crippen molar-refractivity contribution in [2.24, 2.45) is 0 Å². The Kier molecular flexibility index (Phi) is 14.6. The van der Waals surface area contributed by atoms with Crippen molar-refractivity contribution in [3.63, 3.8) is 0 Å². The summed E-state index contributed by atoms with van der Waals surface area (Å²) in [6.07, 6.45) is 11.5. The second-order valence-corrected chi connectivity index (χ2v) is 33.4. The number of aryl methyl sites for hydroxylation is 1. The standard InChI is InChI=1S/C39H59FO5S3Si4/c1-10-11-12-15-18-30(2)41-34-22-20-31(29-33(34)40)35-24-25-38(47-35)39-27-26-37(48-39)36-23-21-32(46-36)19-16-13-14-17-28-52(9)44-50(5,6)42-49(3,4)43-51(7,8)45-52/h20-27,29-30H,10-19,28H2,1-9H3/t30-/m0/s1. The first-order valence-corrected chi connectivity index (χ1v) is 32.5. The zero-order valence-electron chi connectivity index (χ0n) is 32.7. The van der Waals surface area contributed by atoms with Crippen LogP contribution in [0.2, 0.25) is 51.9 Å². The van der Waals surface area contributed by atoms with Gasteiger partial charge in [0.25, 0.3) is 0 Å². The molecule has 0 bridgehead atoms. The number of ether oxygens (including phenoxy) is 1. The zero-order chi connectivity index (χ0) is 37.6. The first kappa shape index (κ1) is 41.9. The van der Waals surface area contributed by atoms with Gasteiger partial charge in [-0.05, 0) is 145 Å². The van der Waals surface area contributed by atoms with E-state index in [0.29, 0.717) is 5.75 Å². The molecule has 1 aliphatic heterocycles. The normalized spacial score (nSPS) is 18.5. The van der Waals surface area contributed by atoms with Gasteiger partial charge in [-0.15, -0.1) is 34.0 Å². The fraction of sp³-hybridized carbons (Fsp3) is 0.538. The van der Waals surface area contributed by atoms with Crippen molar-refractivity contribution in [2.45, 2.75) is 136 Å². The van der Waals surface area contributed by atoms with Crippen LogP contribution in [-0.4, -0.2) is 40.3 Å². The molecule has 4 heterocycles. The molecule has 4 aromatic rings. The Balaban J connectivity index is 1.08. The summed E-state index contributed by atoms with van der Waals surface area (Å²) in [6.45, 7) is 19.2. The van der Waals surface area contributed by atoms with Crippen molar-refractivity contribution >= 4 is 68.3 Å². The Labute approximate surface area is 328 Å². The minimum atomic E-state index is -2.38. The molecule has 1 atom stereocenters. The largest absolute Gasteiger partial charge is 0.488 e. The lowest BCUT2D eigenvalue weighted by Crippen LogP contribution is -2.64. The third-order valence-corrected chi connectivity index (χ3v) is 29.3. The number of hydrogen-bond acceptors (Lipinski definition) is 8. The molecule has 13 heteroatoms. The van der Waals surface area contributed by atoms with Gasteiger partial charge in [-0.25, -0.2) is 4.39 Å². The molecule has 5 nitrogen and oxygen atoms in total. The van der Waals surface area contributed by atoms with E-state index >= 15 is 4.39 Å². The third-order valence-electron chi connectivity index (χ3n) is 9.08. The molecular weight excluding hydrogens is 776 g/mol. The predicted octanol–water partition coefficient (Wildman–Crippen LogP) is 14.1. The van der Waals surface area contributed by atoms with E-state index in [0.717, 1.165) is 42.2 Å². The van der Waals surface area contributed by atoms with Crippen molar-refractivity contribution in [1.82, 2.24) is 0 Å². The highest BCUT2D eigenvalue weighted by molar-refractivity contribution is 7.27. The Morgan fingerprint density at radius 1 is 0.615 bits per heavy atom. The quantitative estimate of drug-likeness (QED) is 0.0783. The second kappa shape index (κ2) is 18.1. The van der Waals surface area contributed by atoms with E-state index in [-0.39, 0.29) is 11.9 Å². The molecule has 1 saturated heterocycles. The van der Waals surface area contributed by atoms with E-state index in [1.54, 1.807) is 23.5 Å². The summed E-state index contributed by atoms with van der Waals surface area (Å²) in [7, 11) is -9.27. The molecule has 0 amide bonds. The van der Waals surface area contributed by atoms with Crippen LogP contribution in [0.3, 0.4) is 0 Å². The maximum absolute atomic E-state index is 15.0. The van der Waals surface area contributed by atoms with Crippen LogP contribution in [-0.2, 0) is 22.9 Å². The highest BCUT2D eigenvalue weighted by Crippen LogP contribution is 2.42. The van der Waals surface area contributed by atoms with Gasteiger partial charge in [-0.1, -0.05) is 45.4 Å². The minimum absolute atomic E-state index is 0.0100. The smallest absolute Gasteiger partial charge is 0.317 e. The van der Waals surface area contributed by atoms with Crippen molar-refractivity contribution < 1.29 is 25.6 Å². The highest BCUT2D eigenvalue weighted by atomic mass is 32.1. The summed E-state index contributed by atoms with van der Waals surface area (Å²) >= 11 is 5.45. The number of benzene rings is 1. The number of hydrogen-bond donors (Lipinski definition) is 0. The van der Waals surface area contributed by atoms with Crippen LogP contribution in [0.1, 0.15) is 76.5 Å². The van der Waals surface area contributed by atoms with E-state index in [9.17, 15) is 0 Å². The van der Waals surface area contributed by atoms with Gasteiger partial charge >= 0.3 is 34.2 Å². The Morgan fingerprint density at radius 2 is 1.15 bits per heavy atom. The highest BCUT2D eigenvalue weighted by Gasteiger charge is 2.52. The van der Waals surface area contributed by atoms with Gasteiger partial charge in [0.15, 0.2) is 11.6 Å². The lowest BCUT2D eigenvalue weighted by molar-refractivity contribution is 0.197. The molecule has 0 aliphatic carbocycles. The van der Waals surface area contributed by atoms with Crippen LogP contribution in [0.25, 0.3) is 29.9 Å². The summed E-state index contributed by atoms with van der Waals surface area (Å²) in [5.74, 6) is 0.0498. The molecular formula is C39H59FO5S3Si4. The predicted molar refractivity (Wildman–Crippen MR) is 231 cm³/mol. The molecule has 0 saturated carbocycles. The number of thiophene rings is 3. The van der Waals surface area contributed by atoms with Gasteiger partial charge in [-0.3, -0.25) is 0 Å². The average molecular weight is 835 g/mol. The fourth-order valence-electron chi connectivity index (χ4n) is 7.26. The van der Waals surface area contributed by atoms with E-state index in [2.05, 4.69) is 89.2 Å². The topological polar surface area (TPSA) is 46.2 Å². The van der Waals surface area contributed by atoms with Crippen LogP contribution < -0.4 is 4.74 Å². The fourth-order valence-corrected chi connectivity index (χ4v) is 32.2. The number of halogens is 1. The van der Waals surface area contributed by atoms with Crippen molar-refractivity contribution in [1.29, 1.82) is 0 Å². The molecule has 0 unspecified atom stereocenters. The summed E-state index contributed by atoms with van der Waals surface area (Å²) in [4.78, 5) is 7.58. The summed E-state index contributed by atoms with van der Waals surface area (Å²) in [5, 5.41) is 0. The SMILES string of the molecule is CCCCCC[C@H](C)Oc1ccc(-c2ccc(-c3ccc(-c4ccc(CCCCCC[Si]5(C)O[Si](C)(C)O[Si](C)(C)O[Si](C)(C)O5)s4)s3)s2)cc1F. The molecule has 1 aromatic carbocycles. The molecule has 3 aromatic heterocycles. The third kappa shape index (κ3) is 12.4.